The zero-order valence-corrected chi connectivity index (χ0v) is 17.4. The van der Waals surface area contributed by atoms with E-state index in [0.29, 0.717) is 17.1 Å². The summed E-state index contributed by atoms with van der Waals surface area (Å²) < 4.78 is 11.0. The molecule has 2 amide bonds. The Morgan fingerprint density at radius 2 is 1.78 bits per heavy atom. The number of nitrogens with zero attached hydrogens (tertiary/aromatic N) is 1. The fourth-order valence-electron chi connectivity index (χ4n) is 4.65. The molecule has 2 aliphatic heterocycles. The Bertz CT molecular complexity index is 1030. The number of imide groups is 1. The lowest BCUT2D eigenvalue weighted by atomic mass is 9.79. The molecule has 9 heteroatoms. The average molecular weight is 440 g/mol. The number of fused-ring (bicyclic) bond motifs is 1. The van der Waals surface area contributed by atoms with E-state index in [-0.39, 0.29) is 13.2 Å². The van der Waals surface area contributed by atoms with Gasteiger partial charge in [0.25, 0.3) is 0 Å². The second-order valence-electron chi connectivity index (χ2n) is 7.79. The van der Waals surface area contributed by atoms with Gasteiger partial charge in [0, 0.05) is 11.6 Å². The lowest BCUT2D eigenvalue weighted by Crippen LogP contribution is -2.58. The first-order valence-corrected chi connectivity index (χ1v) is 10.2. The highest BCUT2D eigenvalue weighted by Gasteiger charge is 2.68. The molecule has 0 aliphatic carbocycles. The highest BCUT2D eigenvalue weighted by Crippen LogP contribution is 2.50. The van der Waals surface area contributed by atoms with Crippen LogP contribution in [0.3, 0.4) is 0 Å². The van der Waals surface area contributed by atoms with Crippen molar-refractivity contribution in [2.45, 2.75) is 11.6 Å². The number of aliphatic hydroxyl groups is 1. The minimum atomic E-state index is -1.99. The zero-order chi connectivity index (χ0) is 22.9. The predicted octanol–water partition coefficient (Wildman–Crippen LogP) is 0.835. The number of aliphatic hydroxyl groups excluding tert-OH is 1. The number of methoxy groups -OCH3 is 1. The third kappa shape index (κ3) is 3.39. The number of carbonyl (C=O) groups excluding carboxylic acids is 2. The Hall–Kier alpha value is -3.43. The maximum Gasteiger partial charge on any atom is 0.327 e. The van der Waals surface area contributed by atoms with E-state index < -0.39 is 47.8 Å². The Morgan fingerprint density at radius 1 is 1.09 bits per heavy atom. The molecule has 2 saturated heterocycles. The molecule has 0 saturated carbocycles. The SMILES string of the molecule is COc1ccccc1C1NC(CO)(C(=O)O)C2C(=O)N(CCOc3ccccc3)C(=O)C12. The van der Waals surface area contributed by atoms with Crippen LogP contribution in [0.2, 0.25) is 0 Å². The molecule has 2 fully saturated rings. The first kappa shape index (κ1) is 21.8. The highest BCUT2D eigenvalue weighted by molar-refractivity contribution is 6.09. The summed E-state index contributed by atoms with van der Waals surface area (Å²) in [5.74, 6) is -3.75. The van der Waals surface area contributed by atoms with Gasteiger partial charge in [-0.2, -0.15) is 0 Å². The summed E-state index contributed by atoms with van der Waals surface area (Å²) in [5, 5.41) is 22.9. The van der Waals surface area contributed by atoms with Gasteiger partial charge in [-0.15, -0.1) is 0 Å². The van der Waals surface area contributed by atoms with Crippen molar-refractivity contribution in [2.75, 3.05) is 26.9 Å². The molecule has 3 N–H and O–H groups in total. The van der Waals surface area contributed by atoms with Gasteiger partial charge in [-0.3, -0.25) is 24.6 Å². The van der Waals surface area contributed by atoms with E-state index in [0.717, 1.165) is 4.90 Å². The smallest absolute Gasteiger partial charge is 0.327 e. The van der Waals surface area contributed by atoms with Crippen molar-refractivity contribution < 1.29 is 34.1 Å². The number of nitrogens with one attached hydrogen (secondary N) is 1. The number of para-hydroxylation sites is 2. The number of hydrogen-bond acceptors (Lipinski definition) is 7. The summed E-state index contributed by atoms with van der Waals surface area (Å²) in [6.45, 7) is -0.811. The molecular weight excluding hydrogens is 416 g/mol. The number of rotatable bonds is 8. The molecule has 32 heavy (non-hydrogen) atoms. The van der Waals surface area contributed by atoms with Gasteiger partial charge in [0.05, 0.1) is 32.1 Å². The van der Waals surface area contributed by atoms with Crippen molar-refractivity contribution in [1.82, 2.24) is 10.2 Å². The molecule has 2 aliphatic rings. The topological polar surface area (TPSA) is 125 Å². The Labute approximate surface area is 184 Å². The van der Waals surface area contributed by atoms with Crippen molar-refractivity contribution in [1.29, 1.82) is 0 Å². The third-order valence-electron chi connectivity index (χ3n) is 6.18. The maximum atomic E-state index is 13.3. The molecule has 2 heterocycles. The van der Waals surface area contributed by atoms with Crippen LogP contribution in [0, 0.1) is 11.8 Å². The van der Waals surface area contributed by atoms with Gasteiger partial charge < -0.3 is 19.7 Å². The number of likely N-dealkylation sites (tertiary alicyclic amines) is 1. The standard InChI is InChI=1S/C23H24N2O7/c1-31-16-10-6-5-9-15(16)19-17-18(23(13-26,24-19)22(29)30)21(28)25(20(17)27)11-12-32-14-7-3-2-4-8-14/h2-10,17-19,24,26H,11-13H2,1H3,(H,29,30). The molecular formula is C23H24N2O7. The van der Waals surface area contributed by atoms with Crippen LogP contribution >= 0.6 is 0 Å². The van der Waals surface area contributed by atoms with Crippen molar-refractivity contribution in [3.63, 3.8) is 0 Å². The summed E-state index contributed by atoms with van der Waals surface area (Å²) >= 11 is 0. The summed E-state index contributed by atoms with van der Waals surface area (Å²) in [7, 11) is 1.47. The number of carboxylic acids is 1. The van der Waals surface area contributed by atoms with Crippen LogP contribution in [0.5, 0.6) is 11.5 Å². The van der Waals surface area contributed by atoms with Gasteiger partial charge in [-0.25, -0.2) is 0 Å². The van der Waals surface area contributed by atoms with E-state index in [1.807, 2.05) is 6.07 Å². The largest absolute Gasteiger partial charge is 0.496 e. The van der Waals surface area contributed by atoms with Gasteiger partial charge in [-0.1, -0.05) is 36.4 Å². The number of aliphatic carboxylic acids is 1. The second kappa shape index (κ2) is 8.60. The third-order valence-corrected chi connectivity index (χ3v) is 6.18. The monoisotopic (exact) mass is 440 g/mol. The number of benzene rings is 2. The predicted molar refractivity (Wildman–Crippen MR) is 112 cm³/mol. The summed E-state index contributed by atoms with van der Waals surface area (Å²) in [5.41, 5.74) is -1.44. The van der Waals surface area contributed by atoms with E-state index in [1.54, 1.807) is 48.5 Å². The second-order valence-corrected chi connectivity index (χ2v) is 7.79. The van der Waals surface area contributed by atoms with Crippen LogP contribution < -0.4 is 14.8 Å². The molecule has 4 atom stereocenters. The van der Waals surface area contributed by atoms with Gasteiger partial charge in [0.2, 0.25) is 11.8 Å². The highest BCUT2D eigenvalue weighted by atomic mass is 16.5. The fourth-order valence-corrected chi connectivity index (χ4v) is 4.65. The molecule has 4 unspecified atom stereocenters. The van der Waals surface area contributed by atoms with Crippen molar-refractivity contribution in [3.8, 4) is 11.5 Å². The van der Waals surface area contributed by atoms with Crippen LogP contribution in [0.25, 0.3) is 0 Å². The molecule has 0 spiro atoms. The van der Waals surface area contributed by atoms with E-state index in [1.165, 1.54) is 7.11 Å². The summed E-state index contributed by atoms with van der Waals surface area (Å²) in [4.78, 5) is 39.9. The quantitative estimate of drug-likeness (QED) is 0.516. The van der Waals surface area contributed by atoms with Crippen molar-refractivity contribution in [3.05, 3.63) is 60.2 Å². The van der Waals surface area contributed by atoms with E-state index in [4.69, 9.17) is 9.47 Å². The lowest BCUT2D eigenvalue weighted by molar-refractivity contribution is -0.153. The van der Waals surface area contributed by atoms with E-state index in [9.17, 15) is 24.6 Å². The first-order chi connectivity index (χ1) is 15.4. The zero-order valence-electron chi connectivity index (χ0n) is 17.4. The van der Waals surface area contributed by atoms with Crippen LogP contribution in [0.4, 0.5) is 0 Å². The maximum absolute atomic E-state index is 13.3. The number of carboxylic acid groups (broad SMARTS) is 1. The van der Waals surface area contributed by atoms with Gasteiger partial charge in [0.1, 0.15) is 18.1 Å². The molecule has 2 aromatic carbocycles. The van der Waals surface area contributed by atoms with E-state index >= 15 is 0 Å². The number of amides is 2. The molecule has 9 nitrogen and oxygen atoms in total. The normalized spacial score (nSPS) is 26.8. The first-order valence-electron chi connectivity index (χ1n) is 10.2. The van der Waals surface area contributed by atoms with E-state index in [2.05, 4.69) is 5.32 Å². The van der Waals surface area contributed by atoms with Gasteiger partial charge in [0.15, 0.2) is 5.54 Å². The van der Waals surface area contributed by atoms with Gasteiger partial charge >= 0.3 is 5.97 Å². The van der Waals surface area contributed by atoms with Crippen LogP contribution in [-0.4, -0.2) is 65.3 Å². The number of ether oxygens (including phenoxy) is 2. The molecule has 2 aromatic rings. The van der Waals surface area contributed by atoms with Crippen LogP contribution in [0.1, 0.15) is 11.6 Å². The molecule has 168 valence electrons. The van der Waals surface area contributed by atoms with Crippen molar-refractivity contribution in [2.24, 2.45) is 11.8 Å². The fraction of sp³-hybridized carbons (Fsp3) is 0.348. The average Bonchev–Trinajstić information content (AvgIpc) is 3.29. The van der Waals surface area contributed by atoms with Crippen molar-refractivity contribution >= 4 is 17.8 Å². The van der Waals surface area contributed by atoms with Crippen LogP contribution in [0.15, 0.2) is 54.6 Å². The van der Waals surface area contributed by atoms with Gasteiger partial charge in [-0.05, 0) is 18.2 Å². The minimum Gasteiger partial charge on any atom is -0.496 e. The molecule has 0 bridgehead atoms. The molecule has 4 rings (SSSR count). The lowest BCUT2D eigenvalue weighted by Gasteiger charge is -2.29. The summed E-state index contributed by atoms with van der Waals surface area (Å²) in [6, 6.07) is 15.0. The number of hydrogen-bond donors (Lipinski definition) is 3. The Morgan fingerprint density at radius 3 is 2.44 bits per heavy atom. The molecule has 0 radical (unpaired) electrons. The number of carbonyl (C=O) groups is 3. The van der Waals surface area contributed by atoms with Crippen LogP contribution in [-0.2, 0) is 14.4 Å². The summed E-state index contributed by atoms with van der Waals surface area (Å²) in [6.07, 6.45) is 0. The Kier molecular flexibility index (Phi) is 5.86. The Balaban J connectivity index is 1.65. The molecule has 0 aromatic heterocycles. The minimum absolute atomic E-state index is 0.0284.